The van der Waals surface area contributed by atoms with Crippen LogP contribution in [0.1, 0.15) is 0 Å². The van der Waals surface area contributed by atoms with Crippen LogP contribution in [0.4, 0.5) is 34.1 Å². The van der Waals surface area contributed by atoms with E-state index in [4.69, 9.17) is 0 Å². The second-order valence-electron chi connectivity index (χ2n) is 14.6. The van der Waals surface area contributed by atoms with Crippen LogP contribution in [0, 0.1) is 0 Å². The summed E-state index contributed by atoms with van der Waals surface area (Å²) in [4.78, 5) is 4.62. The number of hydrogen-bond donors (Lipinski definition) is 0. The van der Waals surface area contributed by atoms with Crippen molar-refractivity contribution < 1.29 is 0 Å². The van der Waals surface area contributed by atoms with E-state index in [2.05, 4.69) is 252 Å². The first kappa shape index (κ1) is 34.8. The molecule has 0 aliphatic carbocycles. The lowest BCUT2D eigenvalue weighted by Crippen LogP contribution is -2.09. The molecule has 2 heteroatoms. The Morgan fingerprint density at radius 2 is 0.569 bits per heavy atom. The number of fused-ring (bicyclic) bond motifs is 3. The Morgan fingerprint density at radius 3 is 1.03 bits per heavy atom. The number of nitrogens with zero attached hydrogens (tertiary/aromatic N) is 2. The lowest BCUT2D eigenvalue weighted by atomic mass is 9.91. The number of anilines is 6. The highest BCUT2D eigenvalue weighted by atomic mass is 15.1. The van der Waals surface area contributed by atoms with Gasteiger partial charge in [0.15, 0.2) is 0 Å². The molecule has 0 bridgehead atoms. The summed E-state index contributed by atoms with van der Waals surface area (Å²) in [5, 5.41) is 5.05. The van der Waals surface area contributed by atoms with Gasteiger partial charge in [0.05, 0.1) is 0 Å². The summed E-state index contributed by atoms with van der Waals surface area (Å²) in [5.41, 5.74) is 13.9. The van der Waals surface area contributed by atoms with Gasteiger partial charge in [-0.3, -0.25) is 0 Å². The van der Waals surface area contributed by atoms with Crippen LogP contribution in [0.3, 0.4) is 0 Å². The highest BCUT2D eigenvalue weighted by Gasteiger charge is 2.16. The highest BCUT2D eigenvalue weighted by Crippen LogP contribution is 2.40. The zero-order valence-corrected chi connectivity index (χ0v) is 32.0. The van der Waals surface area contributed by atoms with Crippen molar-refractivity contribution in [2.24, 2.45) is 0 Å². The normalized spacial score (nSPS) is 11.1. The third kappa shape index (κ3) is 6.78. The van der Waals surface area contributed by atoms with Gasteiger partial charge >= 0.3 is 0 Å². The molecule has 0 aliphatic rings. The number of rotatable bonds is 9. The Morgan fingerprint density at radius 1 is 0.207 bits per heavy atom. The van der Waals surface area contributed by atoms with Gasteiger partial charge < -0.3 is 9.80 Å². The van der Waals surface area contributed by atoms with Crippen LogP contribution in [0.25, 0.3) is 54.9 Å². The van der Waals surface area contributed by atoms with Crippen molar-refractivity contribution in [3.05, 3.63) is 243 Å². The first-order chi connectivity index (χ1) is 28.8. The summed E-state index contributed by atoms with van der Waals surface area (Å²) < 4.78 is 0. The van der Waals surface area contributed by atoms with E-state index in [1.807, 2.05) is 0 Å². The van der Waals surface area contributed by atoms with E-state index >= 15 is 0 Å². The first-order valence-corrected chi connectivity index (χ1v) is 19.8. The molecule has 0 radical (unpaired) electrons. The van der Waals surface area contributed by atoms with Gasteiger partial charge in [0.2, 0.25) is 0 Å². The van der Waals surface area contributed by atoms with E-state index in [-0.39, 0.29) is 0 Å². The molecule has 0 fully saturated rings. The van der Waals surface area contributed by atoms with Crippen LogP contribution in [-0.4, -0.2) is 0 Å². The van der Waals surface area contributed by atoms with E-state index in [1.54, 1.807) is 0 Å². The van der Waals surface area contributed by atoms with Crippen LogP contribution < -0.4 is 9.80 Å². The average Bonchev–Trinajstić information content (AvgIpc) is 3.31. The molecule has 10 aromatic rings. The second kappa shape index (κ2) is 15.5. The van der Waals surface area contributed by atoms with Crippen molar-refractivity contribution >= 4 is 55.7 Å². The average molecular weight is 741 g/mol. The topological polar surface area (TPSA) is 6.48 Å². The van der Waals surface area contributed by atoms with Crippen molar-refractivity contribution in [1.82, 2.24) is 0 Å². The van der Waals surface area contributed by atoms with Gasteiger partial charge in [-0.15, -0.1) is 0 Å². The minimum Gasteiger partial charge on any atom is -0.311 e. The van der Waals surface area contributed by atoms with E-state index in [1.165, 1.54) is 54.9 Å². The molecule has 0 atom stereocenters. The van der Waals surface area contributed by atoms with Gasteiger partial charge in [-0.2, -0.15) is 0 Å². The summed E-state index contributed by atoms with van der Waals surface area (Å²) >= 11 is 0. The second-order valence-corrected chi connectivity index (χ2v) is 14.6. The van der Waals surface area contributed by atoms with Crippen LogP contribution in [0.5, 0.6) is 0 Å². The van der Waals surface area contributed by atoms with Gasteiger partial charge in [-0.05, 0) is 140 Å². The van der Waals surface area contributed by atoms with Crippen molar-refractivity contribution in [1.29, 1.82) is 0 Å². The van der Waals surface area contributed by atoms with Crippen molar-refractivity contribution in [3.8, 4) is 33.4 Å². The molecule has 0 saturated carbocycles. The molecule has 0 heterocycles. The minimum absolute atomic E-state index is 1.10. The van der Waals surface area contributed by atoms with E-state index < -0.39 is 0 Å². The predicted molar refractivity (Wildman–Crippen MR) is 247 cm³/mol. The first-order valence-electron chi connectivity index (χ1n) is 19.8. The van der Waals surface area contributed by atoms with Crippen molar-refractivity contribution in [3.63, 3.8) is 0 Å². The summed E-state index contributed by atoms with van der Waals surface area (Å²) in [7, 11) is 0. The Balaban J connectivity index is 0.960. The zero-order valence-electron chi connectivity index (χ0n) is 32.0. The summed E-state index contributed by atoms with van der Waals surface area (Å²) in [6.07, 6.45) is 0. The van der Waals surface area contributed by atoms with E-state index in [0.29, 0.717) is 0 Å². The molecule has 2 nitrogen and oxygen atoms in total. The minimum atomic E-state index is 1.10. The SMILES string of the molecule is c1ccc(-c2cc3ccccc3c3cc(-c4ccc(N(c5ccccc5)c5ccc(-c6ccc(N(c7ccccc7)c7ccccc7)cc6)cc5)cc4)ccc23)cc1. The molecule has 0 spiro atoms. The third-order valence-corrected chi connectivity index (χ3v) is 11.0. The fourth-order valence-corrected chi connectivity index (χ4v) is 8.17. The maximum Gasteiger partial charge on any atom is 0.0462 e. The largest absolute Gasteiger partial charge is 0.311 e. The standard InChI is InChI=1S/C56H40N2/c1-5-15-44(16-6-1)55-40-46-17-13-14-24-53(46)56-39-45(31-38-54(55)56)43-29-36-52(37-30-43)58(49-22-11-4-12-23-49)51-34-27-42(28-35-51)41-25-32-50(33-26-41)57(47-18-7-2-8-19-47)48-20-9-3-10-21-48/h1-40H. The third-order valence-electron chi connectivity index (χ3n) is 11.0. The predicted octanol–water partition coefficient (Wildman–Crippen LogP) is 15.9. The Hall–Kier alpha value is -7.68. The van der Waals surface area contributed by atoms with Gasteiger partial charge in [0, 0.05) is 34.1 Å². The number of para-hydroxylation sites is 3. The molecular formula is C56H40N2. The molecule has 10 rings (SSSR count). The van der Waals surface area contributed by atoms with Crippen LogP contribution in [0.15, 0.2) is 243 Å². The molecule has 0 unspecified atom stereocenters. The van der Waals surface area contributed by atoms with Crippen LogP contribution >= 0.6 is 0 Å². The van der Waals surface area contributed by atoms with Crippen molar-refractivity contribution in [2.75, 3.05) is 9.80 Å². The fraction of sp³-hybridized carbons (Fsp3) is 0. The van der Waals surface area contributed by atoms with E-state index in [0.717, 1.165) is 34.1 Å². The molecule has 0 aliphatic heterocycles. The fourth-order valence-electron chi connectivity index (χ4n) is 8.17. The monoisotopic (exact) mass is 740 g/mol. The summed E-state index contributed by atoms with van der Waals surface area (Å²) in [6, 6.07) is 87.1. The van der Waals surface area contributed by atoms with Gasteiger partial charge in [0.25, 0.3) is 0 Å². The Labute approximate surface area is 340 Å². The zero-order chi connectivity index (χ0) is 38.7. The maximum atomic E-state index is 2.36. The Bertz CT molecular complexity index is 2900. The Kier molecular flexibility index (Phi) is 9.27. The van der Waals surface area contributed by atoms with Gasteiger partial charge in [-0.1, -0.05) is 158 Å². The van der Waals surface area contributed by atoms with Gasteiger partial charge in [-0.25, -0.2) is 0 Å². The number of benzene rings is 10. The van der Waals surface area contributed by atoms with Gasteiger partial charge in [0.1, 0.15) is 0 Å². The highest BCUT2D eigenvalue weighted by molar-refractivity contribution is 6.14. The van der Waals surface area contributed by atoms with Crippen LogP contribution in [-0.2, 0) is 0 Å². The molecule has 274 valence electrons. The molecule has 0 N–H and O–H groups in total. The molecule has 0 saturated heterocycles. The molecule has 0 amide bonds. The lowest BCUT2D eigenvalue weighted by molar-refractivity contribution is 1.28. The van der Waals surface area contributed by atoms with Crippen molar-refractivity contribution in [2.45, 2.75) is 0 Å². The maximum absolute atomic E-state index is 2.36. The molecule has 10 aromatic carbocycles. The van der Waals surface area contributed by atoms with Crippen LogP contribution in [0.2, 0.25) is 0 Å². The quantitative estimate of drug-likeness (QED) is 0.136. The molecule has 0 aromatic heterocycles. The lowest BCUT2D eigenvalue weighted by Gasteiger charge is -2.26. The molecule has 58 heavy (non-hydrogen) atoms. The number of hydrogen-bond acceptors (Lipinski definition) is 2. The van der Waals surface area contributed by atoms with E-state index in [9.17, 15) is 0 Å². The molecular weight excluding hydrogens is 701 g/mol. The smallest absolute Gasteiger partial charge is 0.0462 e. The summed E-state index contributed by atoms with van der Waals surface area (Å²) in [5.74, 6) is 0. The summed E-state index contributed by atoms with van der Waals surface area (Å²) in [6.45, 7) is 0.